The number of amides is 1. The van der Waals surface area contributed by atoms with Gasteiger partial charge in [0.25, 0.3) is 5.91 Å². The first-order valence-electron chi connectivity index (χ1n) is 5.93. The molecule has 1 amide bonds. The molecule has 2 N–H and O–H groups in total. The molecule has 0 radical (unpaired) electrons. The molecule has 120 valence electrons. The number of benzene rings is 1. The van der Waals surface area contributed by atoms with Crippen molar-refractivity contribution < 1.29 is 37.1 Å². The Morgan fingerprint density at radius 3 is 2.36 bits per heavy atom. The second-order valence-electron chi connectivity index (χ2n) is 4.30. The highest BCUT2D eigenvalue weighted by atomic mass is 19.4. The van der Waals surface area contributed by atoms with Crippen LogP contribution in [0.1, 0.15) is 22.3 Å². The number of carboxylic acid groups (broad SMARTS) is 1. The van der Waals surface area contributed by atoms with Gasteiger partial charge in [-0.1, -0.05) is 6.07 Å². The third kappa shape index (κ3) is 4.83. The van der Waals surface area contributed by atoms with Gasteiger partial charge in [0.1, 0.15) is 12.7 Å². The first-order chi connectivity index (χ1) is 10.1. The molecule has 1 aromatic rings. The van der Waals surface area contributed by atoms with Crippen LogP contribution in [0.3, 0.4) is 0 Å². The Morgan fingerprint density at radius 1 is 1.23 bits per heavy atom. The molecule has 1 aromatic carbocycles. The molecule has 0 fully saturated rings. The molecular weight excluding hydrogens is 310 g/mol. The number of carbonyl (C=O) groups excluding carboxylic acids is 2. The van der Waals surface area contributed by atoms with Crippen molar-refractivity contribution in [1.29, 1.82) is 0 Å². The number of halogens is 4. The second kappa shape index (κ2) is 7.01. The highest BCUT2D eigenvalue weighted by molar-refractivity contribution is 5.99. The van der Waals surface area contributed by atoms with E-state index < -0.39 is 54.1 Å². The van der Waals surface area contributed by atoms with Crippen LogP contribution < -0.4 is 5.32 Å². The van der Waals surface area contributed by atoms with E-state index in [9.17, 15) is 31.9 Å². The van der Waals surface area contributed by atoms with Crippen molar-refractivity contribution in [3.63, 3.8) is 0 Å². The molecule has 0 aliphatic rings. The Labute approximate surface area is 121 Å². The molecule has 9 heteroatoms. The minimum absolute atomic E-state index is 0.420. The van der Waals surface area contributed by atoms with E-state index in [1.165, 1.54) is 0 Å². The van der Waals surface area contributed by atoms with Gasteiger partial charge in [0.05, 0.1) is 12.0 Å². The maximum Gasteiger partial charge on any atom is 0.416 e. The molecule has 0 heterocycles. The predicted octanol–water partition coefficient (Wildman–Crippen LogP) is 1.82. The smallest absolute Gasteiger partial charge is 0.416 e. The molecule has 0 aromatic heterocycles. The summed E-state index contributed by atoms with van der Waals surface area (Å²) < 4.78 is 49.9. The van der Waals surface area contributed by atoms with E-state index in [4.69, 9.17) is 5.11 Å². The topological polar surface area (TPSA) is 83.5 Å². The highest BCUT2D eigenvalue weighted by Gasteiger charge is 2.31. The molecule has 0 aliphatic heterocycles. The summed E-state index contributed by atoms with van der Waals surface area (Å²) in [6.07, 6.45) is -5.53. The van der Waals surface area contributed by atoms with Crippen LogP contribution >= 0.6 is 0 Å². The fourth-order valence-corrected chi connectivity index (χ4v) is 1.59. The van der Waals surface area contributed by atoms with Crippen LogP contribution in [-0.4, -0.2) is 35.5 Å². The summed E-state index contributed by atoms with van der Waals surface area (Å²) in [5.74, 6) is -3.74. The first-order valence-corrected chi connectivity index (χ1v) is 5.93. The van der Waals surface area contributed by atoms with E-state index in [0.717, 1.165) is 18.2 Å². The van der Waals surface area contributed by atoms with E-state index >= 15 is 0 Å². The van der Waals surface area contributed by atoms with Gasteiger partial charge < -0.3 is 10.4 Å². The largest absolute Gasteiger partial charge is 0.481 e. The Kier molecular flexibility index (Phi) is 5.61. The van der Waals surface area contributed by atoms with Crippen LogP contribution in [0.5, 0.6) is 0 Å². The lowest BCUT2D eigenvalue weighted by atomic mass is 10.1. The summed E-state index contributed by atoms with van der Waals surface area (Å²) in [5.41, 5.74) is -1.50. The number of Topliss-reactive ketones (excluding diaryl/α,β-unsaturated/α-hetero) is 1. The molecule has 0 aliphatic carbocycles. The summed E-state index contributed by atoms with van der Waals surface area (Å²) in [7, 11) is 0. The van der Waals surface area contributed by atoms with Gasteiger partial charge in [-0.15, -0.1) is 0 Å². The number of nitrogens with one attached hydrogen (secondary N) is 1. The molecule has 1 atom stereocenters. The normalized spacial score (nSPS) is 12.5. The Balaban J connectivity index is 2.95. The van der Waals surface area contributed by atoms with Crippen molar-refractivity contribution in [2.45, 2.75) is 18.6 Å². The van der Waals surface area contributed by atoms with Crippen molar-refractivity contribution in [3.8, 4) is 0 Å². The number of rotatable bonds is 6. The lowest BCUT2D eigenvalue weighted by Crippen LogP contribution is -2.43. The van der Waals surface area contributed by atoms with Gasteiger partial charge in [-0.3, -0.25) is 14.4 Å². The average molecular weight is 321 g/mol. The monoisotopic (exact) mass is 321 g/mol. The molecule has 1 unspecified atom stereocenters. The highest BCUT2D eigenvalue weighted by Crippen LogP contribution is 2.29. The van der Waals surface area contributed by atoms with Crippen molar-refractivity contribution in [1.82, 2.24) is 5.32 Å². The van der Waals surface area contributed by atoms with Gasteiger partial charge >= 0.3 is 12.1 Å². The zero-order valence-electron chi connectivity index (χ0n) is 11.0. The number of carbonyl (C=O) groups is 3. The molecule has 22 heavy (non-hydrogen) atoms. The van der Waals surface area contributed by atoms with Crippen LogP contribution in [0.4, 0.5) is 17.6 Å². The molecule has 0 saturated heterocycles. The predicted molar refractivity (Wildman–Crippen MR) is 65.9 cm³/mol. The minimum Gasteiger partial charge on any atom is -0.481 e. The Morgan fingerprint density at radius 2 is 1.86 bits per heavy atom. The zero-order chi connectivity index (χ0) is 16.9. The molecular formula is C13H11F4NO4. The van der Waals surface area contributed by atoms with Crippen molar-refractivity contribution in [3.05, 3.63) is 35.4 Å². The van der Waals surface area contributed by atoms with Gasteiger partial charge in [0.15, 0.2) is 5.78 Å². The van der Waals surface area contributed by atoms with Gasteiger partial charge in [0.2, 0.25) is 0 Å². The van der Waals surface area contributed by atoms with E-state index in [1.807, 2.05) is 5.32 Å². The van der Waals surface area contributed by atoms with Crippen LogP contribution in [0, 0.1) is 0 Å². The summed E-state index contributed by atoms with van der Waals surface area (Å²) in [6.45, 7) is -1.50. The molecule has 0 bridgehead atoms. The SMILES string of the molecule is O=C(O)CC(NC(=O)c1cccc(C(F)(F)F)c1)C(=O)CF. The Hall–Kier alpha value is -2.45. The van der Waals surface area contributed by atoms with Gasteiger partial charge in [-0.05, 0) is 18.2 Å². The van der Waals surface area contributed by atoms with Crippen LogP contribution in [0.15, 0.2) is 24.3 Å². The van der Waals surface area contributed by atoms with Crippen LogP contribution in [0.25, 0.3) is 0 Å². The number of aliphatic carboxylic acids is 1. The summed E-state index contributed by atoms with van der Waals surface area (Å²) in [6, 6.07) is 1.69. The average Bonchev–Trinajstić information content (AvgIpc) is 2.44. The Bertz CT molecular complexity index is 586. The molecule has 5 nitrogen and oxygen atoms in total. The number of alkyl halides is 4. The van der Waals surface area contributed by atoms with Crippen molar-refractivity contribution in [2.24, 2.45) is 0 Å². The molecule has 0 saturated carbocycles. The fraction of sp³-hybridized carbons (Fsp3) is 0.308. The van der Waals surface area contributed by atoms with Crippen LogP contribution in [-0.2, 0) is 15.8 Å². The number of hydrogen-bond donors (Lipinski definition) is 2. The van der Waals surface area contributed by atoms with E-state index in [-0.39, 0.29) is 0 Å². The quantitative estimate of drug-likeness (QED) is 0.783. The maximum absolute atomic E-state index is 12.5. The van der Waals surface area contributed by atoms with E-state index in [0.29, 0.717) is 6.07 Å². The van der Waals surface area contributed by atoms with E-state index in [2.05, 4.69) is 0 Å². The third-order valence-corrected chi connectivity index (χ3v) is 2.66. The number of carboxylic acids is 1. The van der Waals surface area contributed by atoms with Crippen molar-refractivity contribution in [2.75, 3.05) is 6.67 Å². The lowest BCUT2D eigenvalue weighted by molar-refractivity contribution is -0.139. The lowest BCUT2D eigenvalue weighted by Gasteiger charge is -2.15. The van der Waals surface area contributed by atoms with Gasteiger partial charge in [0, 0.05) is 5.56 Å². The summed E-state index contributed by atoms with van der Waals surface area (Å²) >= 11 is 0. The van der Waals surface area contributed by atoms with E-state index in [1.54, 1.807) is 0 Å². The first kappa shape index (κ1) is 17.6. The van der Waals surface area contributed by atoms with Crippen molar-refractivity contribution >= 4 is 17.7 Å². The van der Waals surface area contributed by atoms with Gasteiger partial charge in [-0.2, -0.15) is 13.2 Å². The van der Waals surface area contributed by atoms with Crippen LogP contribution in [0.2, 0.25) is 0 Å². The maximum atomic E-state index is 12.5. The van der Waals surface area contributed by atoms with Gasteiger partial charge in [-0.25, -0.2) is 4.39 Å². The summed E-state index contributed by atoms with van der Waals surface area (Å²) in [4.78, 5) is 33.6. The fourth-order valence-electron chi connectivity index (χ4n) is 1.59. The number of ketones is 1. The third-order valence-electron chi connectivity index (χ3n) is 2.66. The zero-order valence-corrected chi connectivity index (χ0v) is 11.0. The molecule has 1 rings (SSSR count). The standard InChI is InChI=1S/C13H11F4NO4/c14-6-10(19)9(5-11(20)21)18-12(22)7-2-1-3-8(4-7)13(15,16)17/h1-4,9H,5-6H2,(H,18,22)(H,20,21). The minimum atomic E-state index is -4.66. The molecule has 0 spiro atoms. The second-order valence-corrected chi connectivity index (χ2v) is 4.30. The number of hydrogen-bond acceptors (Lipinski definition) is 3. The summed E-state index contributed by atoms with van der Waals surface area (Å²) in [5, 5.41) is 10.5.